The van der Waals surface area contributed by atoms with Gasteiger partial charge in [0.1, 0.15) is 0 Å². The van der Waals surface area contributed by atoms with E-state index in [1.807, 2.05) is 6.07 Å². The Hall–Kier alpha value is -2.30. The average molecular weight is 289 g/mol. The van der Waals surface area contributed by atoms with Gasteiger partial charge < -0.3 is 14.5 Å². The van der Waals surface area contributed by atoms with Crippen molar-refractivity contribution >= 4 is 22.8 Å². The standard InChI is InChI=1S/C16H19NO4/c1-10(21-15(19)16(2,3)4)20-14(18)12-5-6-13-11(9-12)7-8-17-13/h5-10,17H,1-4H3. The van der Waals surface area contributed by atoms with Gasteiger partial charge in [-0.2, -0.15) is 0 Å². The third-order valence-corrected chi connectivity index (χ3v) is 2.95. The topological polar surface area (TPSA) is 68.4 Å². The van der Waals surface area contributed by atoms with E-state index in [0.717, 1.165) is 10.9 Å². The minimum atomic E-state index is -0.925. The van der Waals surface area contributed by atoms with Crippen molar-refractivity contribution < 1.29 is 19.1 Å². The van der Waals surface area contributed by atoms with Crippen molar-refractivity contribution in [2.75, 3.05) is 0 Å². The SMILES string of the molecule is CC(OC(=O)c1ccc2[nH]ccc2c1)OC(=O)C(C)(C)C. The van der Waals surface area contributed by atoms with Gasteiger partial charge in [-0.3, -0.25) is 4.79 Å². The number of aromatic nitrogens is 1. The highest BCUT2D eigenvalue weighted by Gasteiger charge is 2.26. The van der Waals surface area contributed by atoms with Crippen molar-refractivity contribution in [3.05, 3.63) is 36.0 Å². The molecule has 2 aromatic rings. The molecule has 1 N–H and O–H groups in total. The molecular weight excluding hydrogens is 270 g/mol. The molecule has 0 saturated heterocycles. The van der Waals surface area contributed by atoms with Crippen LogP contribution in [0.1, 0.15) is 38.1 Å². The van der Waals surface area contributed by atoms with Gasteiger partial charge in [-0.15, -0.1) is 0 Å². The summed E-state index contributed by atoms with van der Waals surface area (Å²) < 4.78 is 10.2. The van der Waals surface area contributed by atoms with Crippen LogP contribution in [0.5, 0.6) is 0 Å². The molecule has 1 unspecified atom stereocenters. The molecule has 0 spiro atoms. The zero-order chi connectivity index (χ0) is 15.6. The first-order valence-corrected chi connectivity index (χ1v) is 6.76. The van der Waals surface area contributed by atoms with Gasteiger partial charge >= 0.3 is 11.9 Å². The summed E-state index contributed by atoms with van der Waals surface area (Å²) in [7, 11) is 0. The van der Waals surface area contributed by atoms with Crippen LogP contribution >= 0.6 is 0 Å². The maximum absolute atomic E-state index is 12.0. The Kier molecular flexibility index (Phi) is 4.02. The molecule has 0 aliphatic carbocycles. The quantitative estimate of drug-likeness (QED) is 0.695. The molecule has 1 aromatic carbocycles. The number of hydrogen-bond donors (Lipinski definition) is 1. The summed E-state index contributed by atoms with van der Waals surface area (Å²) in [6.07, 6.45) is 0.874. The molecule has 0 bridgehead atoms. The summed E-state index contributed by atoms with van der Waals surface area (Å²) in [5.41, 5.74) is 0.726. The highest BCUT2D eigenvalue weighted by molar-refractivity contribution is 5.94. The first kappa shape index (κ1) is 15.1. The van der Waals surface area contributed by atoms with Crippen LogP contribution in [0.3, 0.4) is 0 Å². The number of hydrogen-bond acceptors (Lipinski definition) is 4. The molecule has 112 valence electrons. The van der Waals surface area contributed by atoms with Crippen molar-refractivity contribution in [1.82, 2.24) is 4.98 Å². The number of aromatic amines is 1. The number of ether oxygens (including phenoxy) is 2. The molecule has 1 atom stereocenters. The number of carbonyl (C=O) groups excluding carboxylic acids is 2. The molecule has 0 fully saturated rings. The van der Waals surface area contributed by atoms with E-state index in [2.05, 4.69) is 4.98 Å². The summed E-state index contributed by atoms with van der Waals surface area (Å²) in [6, 6.07) is 7.07. The largest absolute Gasteiger partial charge is 0.425 e. The van der Waals surface area contributed by atoms with Gasteiger partial charge in [0, 0.05) is 24.0 Å². The number of esters is 2. The van der Waals surface area contributed by atoms with E-state index in [0.29, 0.717) is 5.56 Å². The van der Waals surface area contributed by atoms with E-state index < -0.39 is 23.6 Å². The predicted octanol–water partition coefficient (Wildman–Crippen LogP) is 3.26. The first-order valence-electron chi connectivity index (χ1n) is 6.76. The van der Waals surface area contributed by atoms with Gasteiger partial charge in [0.15, 0.2) is 0 Å². The van der Waals surface area contributed by atoms with Crippen LogP contribution in [0.25, 0.3) is 10.9 Å². The lowest BCUT2D eigenvalue weighted by molar-refractivity contribution is -0.174. The fraction of sp³-hybridized carbons (Fsp3) is 0.375. The van der Waals surface area contributed by atoms with E-state index in [1.165, 1.54) is 6.92 Å². The van der Waals surface area contributed by atoms with E-state index in [9.17, 15) is 9.59 Å². The van der Waals surface area contributed by atoms with Crippen LogP contribution in [-0.4, -0.2) is 23.2 Å². The van der Waals surface area contributed by atoms with E-state index in [1.54, 1.807) is 45.2 Å². The third-order valence-electron chi connectivity index (χ3n) is 2.95. The molecule has 1 heterocycles. The maximum atomic E-state index is 12.0. The zero-order valence-electron chi connectivity index (χ0n) is 12.6. The van der Waals surface area contributed by atoms with Crippen LogP contribution < -0.4 is 0 Å². The lowest BCUT2D eigenvalue weighted by Gasteiger charge is -2.20. The van der Waals surface area contributed by atoms with Gasteiger partial charge in [-0.05, 0) is 45.0 Å². The highest BCUT2D eigenvalue weighted by Crippen LogP contribution is 2.18. The zero-order valence-corrected chi connectivity index (χ0v) is 12.6. The summed E-state index contributed by atoms with van der Waals surface area (Å²) in [5, 5.41) is 0.920. The van der Waals surface area contributed by atoms with Crippen molar-refractivity contribution in [3.8, 4) is 0 Å². The molecule has 0 saturated carbocycles. The van der Waals surface area contributed by atoms with Crippen molar-refractivity contribution in [3.63, 3.8) is 0 Å². The molecule has 5 heteroatoms. The van der Waals surface area contributed by atoms with Crippen molar-refractivity contribution in [1.29, 1.82) is 0 Å². The summed E-state index contributed by atoms with van der Waals surface area (Å²) >= 11 is 0. The second-order valence-corrected chi connectivity index (χ2v) is 5.91. The Morgan fingerprint density at radius 2 is 1.86 bits per heavy atom. The van der Waals surface area contributed by atoms with Crippen molar-refractivity contribution in [2.45, 2.75) is 34.0 Å². The Morgan fingerprint density at radius 3 is 2.52 bits per heavy atom. The molecule has 0 amide bonds. The highest BCUT2D eigenvalue weighted by atomic mass is 16.7. The second-order valence-electron chi connectivity index (χ2n) is 5.91. The number of nitrogens with one attached hydrogen (secondary N) is 1. The summed E-state index contributed by atoms with van der Waals surface area (Å²) in [6.45, 7) is 6.74. The molecule has 2 rings (SSSR count). The molecule has 0 radical (unpaired) electrons. The fourth-order valence-electron chi connectivity index (χ4n) is 1.75. The molecule has 0 aliphatic rings. The van der Waals surface area contributed by atoms with Crippen LogP contribution in [0.15, 0.2) is 30.5 Å². The number of carbonyl (C=O) groups is 2. The molecule has 21 heavy (non-hydrogen) atoms. The Labute approximate surface area is 123 Å². The van der Waals surface area contributed by atoms with Crippen LogP contribution in [0, 0.1) is 5.41 Å². The lowest BCUT2D eigenvalue weighted by atomic mass is 9.97. The van der Waals surface area contributed by atoms with Gasteiger partial charge in [0.25, 0.3) is 0 Å². The molecular formula is C16H19NO4. The predicted molar refractivity (Wildman–Crippen MR) is 78.7 cm³/mol. The van der Waals surface area contributed by atoms with Crippen LogP contribution in [-0.2, 0) is 14.3 Å². The van der Waals surface area contributed by atoms with Gasteiger partial charge in [-0.25, -0.2) is 4.79 Å². The first-order chi connectivity index (χ1) is 9.77. The Bertz CT molecular complexity index is 666. The Balaban J connectivity index is 2.02. The third kappa shape index (κ3) is 3.62. The Morgan fingerprint density at radius 1 is 1.14 bits per heavy atom. The van der Waals surface area contributed by atoms with E-state index >= 15 is 0 Å². The smallest absolute Gasteiger partial charge is 0.341 e. The van der Waals surface area contributed by atoms with E-state index in [4.69, 9.17) is 9.47 Å². The van der Waals surface area contributed by atoms with Crippen LogP contribution in [0.2, 0.25) is 0 Å². The minimum absolute atomic E-state index is 0.413. The van der Waals surface area contributed by atoms with Crippen molar-refractivity contribution in [2.24, 2.45) is 5.41 Å². The fourth-order valence-corrected chi connectivity index (χ4v) is 1.75. The normalized spacial score (nSPS) is 13.0. The lowest BCUT2D eigenvalue weighted by Crippen LogP contribution is -2.29. The van der Waals surface area contributed by atoms with Gasteiger partial charge in [-0.1, -0.05) is 0 Å². The van der Waals surface area contributed by atoms with E-state index in [-0.39, 0.29) is 0 Å². The second kappa shape index (κ2) is 5.60. The summed E-state index contributed by atoms with van der Waals surface area (Å²) in [4.78, 5) is 26.8. The average Bonchev–Trinajstić information content (AvgIpc) is 2.84. The summed E-state index contributed by atoms with van der Waals surface area (Å²) in [5.74, 6) is -0.934. The molecule has 5 nitrogen and oxygen atoms in total. The van der Waals surface area contributed by atoms with Gasteiger partial charge in [0.2, 0.25) is 6.29 Å². The number of rotatable bonds is 3. The molecule has 1 aromatic heterocycles. The maximum Gasteiger partial charge on any atom is 0.341 e. The number of fused-ring (bicyclic) bond motifs is 1. The monoisotopic (exact) mass is 289 g/mol. The molecule has 0 aliphatic heterocycles. The number of H-pyrrole nitrogens is 1. The minimum Gasteiger partial charge on any atom is -0.425 e. The van der Waals surface area contributed by atoms with Crippen LogP contribution in [0.4, 0.5) is 0 Å². The number of benzene rings is 1. The van der Waals surface area contributed by atoms with Gasteiger partial charge in [0.05, 0.1) is 11.0 Å².